The third-order valence-electron chi connectivity index (χ3n) is 2.95. The van der Waals surface area contributed by atoms with Gasteiger partial charge in [0, 0.05) is 19.0 Å². The Kier molecular flexibility index (Phi) is 4.70. The van der Waals surface area contributed by atoms with Crippen LogP contribution in [0.4, 0.5) is 4.39 Å². The van der Waals surface area contributed by atoms with Gasteiger partial charge in [0.1, 0.15) is 5.82 Å². The second kappa shape index (κ2) is 6.50. The van der Waals surface area contributed by atoms with Gasteiger partial charge in [-0.15, -0.1) is 0 Å². The summed E-state index contributed by atoms with van der Waals surface area (Å²) in [5.74, 6) is -0.0768. The Bertz CT molecular complexity index is 405. The van der Waals surface area contributed by atoms with Gasteiger partial charge >= 0.3 is 0 Å². The molecule has 2 rings (SSSR count). The molecule has 1 aromatic rings. The van der Waals surface area contributed by atoms with Crippen LogP contribution in [0, 0.1) is 5.82 Å². The van der Waals surface area contributed by atoms with Crippen LogP contribution in [-0.2, 0) is 11.2 Å². The maximum Gasteiger partial charge on any atom is 0.221 e. The number of benzene rings is 1. The summed E-state index contributed by atoms with van der Waals surface area (Å²) in [4.78, 5) is 11.4. The third-order valence-corrected chi connectivity index (χ3v) is 2.95. The maximum absolute atomic E-state index is 12.9. The standard InChI is InChI=1S/C14H19FN2O/c15-12-3-1-2-11(10-12)6-8-16-9-7-14(18)17-13-4-5-13/h1-3,10,13,16H,4-9H2,(H,17,18). The van der Waals surface area contributed by atoms with Crippen molar-refractivity contribution in [2.45, 2.75) is 31.7 Å². The van der Waals surface area contributed by atoms with Gasteiger partial charge in [0.25, 0.3) is 0 Å². The average Bonchev–Trinajstić information content (AvgIpc) is 3.12. The van der Waals surface area contributed by atoms with Gasteiger partial charge in [-0.05, 0) is 43.5 Å². The maximum atomic E-state index is 12.9. The fourth-order valence-electron chi connectivity index (χ4n) is 1.78. The fraction of sp³-hybridized carbons (Fsp3) is 0.500. The van der Waals surface area contributed by atoms with E-state index in [0.717, 1.165) is 31.4 Å². The minimum absolute atomic E-state index is 0.121. The molecule has 18 heavy (non-hydrogen) atoms. The highest BCUT2D eigenvalue weighted by Gasteiger charge is 2.22. The van der Waals surface area contributed by atoms with E-state index in [9.17, 15) is 9.18 Å². The van der Waals surface area contributed by atoms with Gasteiger partial charge in [0.2, 0.25) is 5.91 Å². The van der Waals surface area contributed by atoms with Gasteiger partial charge in [-0.1, -0.05) is 12.1 Å². The summed E-state index contributed by atoms with van der Waals surface area (Å²) in [6, 6.07) is 7.05. The van der Waals surface area contributed by atoms with Crippen molar-refractivity contribution < 1.29 is 9.18 Å². The molecule has 0 aromatic heterocycles. The van der Waals surface area contributed by atoms with Crippen molar-refractivity contribution in [3.8, 4) is 0 Å². The summed E-state index contributed by atoms with van der Waals surface area (Å²) in [5, 5.41) is 6.14. The molecule has 4 heteroatoms. The summed E-state index contributed by atoms with van der Waals surface area (Å²) in [6.07, 6.45) is 3.54. The van der Waals surface area contributed by atoms with Gasteiger partial charge in [-0.25, -0.2) is 4.39 Å². The van der Waals surface area contributed by atoms with Gasteiger partial charge in [-0.3, -0.25) is 4.79 Å². The third kappa shape index (κ3) is 4.84. The lowest BCUT2D eigenvalue weighted by Gasteiger charge is -2.05. The molecule has 0 bridgehead atoms. The number of halogens is 1. The van der Waals surface area contributed by atoms with Crippen LogP contribution in [0.5, 0.6) is 0 Å². The Hall–Kier alpha value is -1.42. The van der Waals surface area contributed by atoms with Crippen molar-refractivity contribution in [1.29, 1.82) is 0 Å². The summed E-state index contributed by atoms with van der Waals surface area (Å²) in [7, 11) is 0. The Morgan fingerprint density at radius 2 is 2.17 bits per heavy atom. The van der Waals surface area contributed by atoms with E-state index in [0.29, 0.717) is 19.0 Å². The summed E-state index contributed by atoms with van der Waals surface area (Å²) >= 11 is 0. The van der Waals surface area contributed by atoms with Crippen molar-refractivity contribution in [2.24, 2.45) is 0 Å². The number of carbonyl (C=O) groups is 1. The zero-order valence-electron chi connectivity index (χ0n) is 10.4. The van der Waals surface area contributed by atoms with Crippen LogP contribution in [0.3, 0.4) is 0 Å². The van der Waals surface area contributed by atoms with Gasteiger partial charge in [0.05, 0.1) is 0 Å². The summed E-state index contributed by atoms with van der Waals surface area (Å²) < 4.78 is 12.9. The Labute approximate surface area is 107 Å². The van der Waals surface area contributed by atoms with E-state index in [1.54, 1.807) is 12.1 Å². The molecule has 3 nitrogen and oxygen atoms in total. The number of hydrogen-bond acceptors (Lipinski definition) is 2. The minimum Gasteiger partial charge on any atom is -0.353 e. The van der Waals surface area contributed by atoms with Crippen molar-refractivity contribution in [1.82, 2.24) is 10.6 Å². The highest BCUT2D eigenvalue weighted by atomic mass is 19.1. The molecule has 1 aliphatic rings. The molecule has 0 aliphatic heterocycles. The van der Waals surface area contributed by atoms with Crippen LogP contribution in [0.15, 0.2) is 24.3 Å². The molecule has 1 fully saturated rings. The topological polar surface area (TPSA) is 41.1 Å². The van der Waals surface area contributed by atoms with E-state index in [-0.39, 0.29) is 11.7 Å². The average molecular weight is 250 g/mol. The van der Waals surface area contributed by atoms with Crippen LogP contribution >= 0.6 is 0 Å². The van der Waals surface area contributed by atoms with Crippen molar-refractivity contribution >= 4 is 5.91 Å². The van der Waals surface area contributed by atoms with E-state index in [4.69, 9.17) is 0 Å². The van der Waals surface area contributed by atoms with Gasteiger partial charge in [-0.2, -0.15) is 0 Å². The lowest BCUT2D eigenvalue weighted by atomic mass is 10.1. The molecular formula is C14H19FN2O. The van der Waals surface area contributed by atoms with E-state index in [1.165, 1.54) is 6.07 Å². The van der Waals surface area contributed by atoms with Crippen LogP contribution in [0.2, 0.25) is 0 Å². The van der Waals surface area contributed by atoms with Crippen LogP contribution < -0.4 is 10.6 Å². The molecule has 1 amide bonds. The van der Waals surface area contributed by atoms with Gasteiger partial charge in [0.15, 0.2) is 0 Å². The van der Waals surface area contributed by atoms with E-state index < -0.39 is 0 Å². The predicted molar refractivity (Wildman–Crippen MR) is 68.8 cm³/mol. The fourth-order valence-corrected chi connectivity index (χ4v) is 1.78. The Morgan fingerprint density at radius 3 is 2.89 bits per heavy atom. The highest BCUT2D eigenvalue weighted by Crippen LogP contribution is 2.18. The molecule has 2 N–H and O–H groups in total. The van der Waals surface area contributed by atoms with Crippen LogP contribution in [0.25, 0.3) is 0 Å². The first-order valence-electron chi connectivity index (χ1n) is 6.48. The largest absolute Gasteiger partial charge is 0.353 e. The van der Waals surface area contributed by atoms with E-state index in [2.05, 4.69) is 10.6 Å². The lowest BCUT2D eigenvalue weighted by molar-refractivity contribution is -0.121. The second-order valence-corrected chi connectivity index (χ2v) is 4.72. The molecular weight excluding hydrogens is 231 g/mol. The van der Waals surface area contributed by atoms with E-state index in [1.807, 2.05) is 6.07 Å². The van der Waals surface area contributed by atoms with Crippen LogP contribution in [-0.4, -0.2) is 25.0 Å². The van der Waals surface area contributed by atoms with Crippen molar-refractivity contribution in [2.75, 3.05) is 13.1 Å². The zero-order chi connectivity index (χ0) is 12.8. The highest BCUT2D eigenvalue weighted by molar-refractivity contribution is 5.76. The monoisotopic (exact) mass is 250 g/mol. The predicted octanol–water partition coefficient (Wildman–Crippen LogP) is 1.63. The Balaban J connectivity index is 1.54. The molecule has 1 aromatic carbocycles. The van der Waals surface area contributed by atoms with Crippen LogP contribution in [0.1, 0.15) is 24.8 Å². The molecule has 0 heterocycles. The quantitative estimate of drug-likeness (QED) is 0.722. The molecule has 0 unspecified atom stereocenters. The molecule has 0 spiro atoms. The molecule has 1 saturated carbocycles. The smallest absolute Gasteiger partial charge is 0.221 e. The number of rotatable bonds is 7. The van der Waals surface area contributed by atoms with Crippen molar-refractivity contribution in [3.05, 3.63) is 35.6 Å². The Morgan fingerprint density at radius 1 is 1.33 bits per heavy atom. The van der Waals surface area contributed by atoms with Gasteiger partial charge < -0.3 is 10.6 Å². The molecule has 0 radical (unpaired) electrons. The van der Waals surface area contributed by atoms with Crippen molar-refractivity contribution in [3.63, 3.8) is 0 Å². The number of amides is 1. The number of carbonyl (C=O) groups excluding carboxylic acids is 1. The first kappa shape index (κ1) is 13.0. The molecule has 0 atom stereocenters. The molecule has 1 aliphatic carbocycles. The summed E-state index contributed by atoms with van der Waals surface area (Å²) in [5.41, 5.74) is 0.977. The van der Waals surface area contributed by atoms with E-state index >= 15 is 0 Å². The normalized spacial score (nSPS) is 14.5. The second-order valence-electron chi connectivity index (χ2n) is 4.72. The SMILES string of the molecule is O=C(CCNCCc1cccc(F)c1)NC1CC1. The first-order chi connectivity index (χ1) is 8.74. The minimum atomic E-state index is -0.198. The number of hydrogen-bond donors (Lipinski definition) is 2. The number of nitrogens with one attached hydrogen (secondary N) is 2. The molecule has 0 saturated heterocycles. The summed E-state index contributed by atoms with van der Waals surface area (Å²) in [6.45, 7) is 1.44. The first-order valence-corrected chi connectivity index (χ1v) is 6.48. The lowest BCUT2D eigenvalue weighted by Crippen LogP contribution is -2.29. The zero-order valence-corrected chi connectivity index (χ0v) is 10.4. The molecule has 98 valence electrons.